The van der Waals surface area contributed by atoms with Crippen molar-refractivity contribution in [1.82, 2.24) is 9.97 Å². The molecule has 4 nitrogen and oxygen atoms in total. The average Bonchev–Trinajstić information content (AvgIpc) is 1.99. The van der Waals surface area contributed by atoms with Gasteiger partial charge in [-0.1, -0.05) is 11.6 Å². The fourth-order valence-corrected chi connectivity index (χ4v) is 1.34. The highest BCUT2D eigenvalue weighted by atomic mass is 35.5. The normalized spacial score (nSPS) is 17.7. The Labute approximate surface area is 75.4 Å². The number of hydrogen-bond acceptors (Lipinski definition) is 4. The van der Waals surface area contributed by atoms with E-state index in [1.165, 1.54) is 6.33 Å². The van der Waals surface area contributed by atoms with Gasteiger partial charge in [0.05, 0.1) is 0 Å². The summed E-state index contributed by atoms with van der Waals surface area (Å²) in [6, 6.07) is 2.02. The Morgan fingerprint density at radius 3 is 2.83 bits per heavy atom. The predicted octanol–water partition coefficient (Wildman–Crippen LogP) is 0.277. The van der Waals surface area contributed by atoms with Gasteiger partial charge in [-0.15, -0.1) is 0 Å². The summed E-state index contributed by atoms with van der Waals surface area (Å²) in [5.41, 5.74) is 5.63. The van der Waals surface area contributed by atoms with E-state index in [0.29, 0.717) is 5.15 Å². The summed E-state index contributed by atoms with van der Waals surface area (Å²) in [4.78, 5) is 9.93. The average molecular weight is 185 g/mol. The lowest BCUT2D eigenvalue weighted by molar-refractivity contribution is 0.514. The Morgan fingerprint density at radius 1 is 1.50 bits per heavy atom. The molecule has 0 unspecified atom stereocenters. The van der Waals surface area contributed by atoms with Crippen LogP contribution in [0.1, 0.15) is 0 Å². The lowest BCUT2D eigenvalue weighted by Crippen LogP contribution is -2.56. The van der Waals surface area contributed by atoms with E-state index in [1.54, 1.807) is 6.07 Å². The van der Waals surface area contributed by atoms with Crippen molar-refractivity contribution in [2.75, 3.05) is 18.0 Å². The summed E-state index contributed by atoms with van der Waals surface area (Å²) in [5.74, 6) is 0.858. The molecule has 1 aromatic heterocycles. The van der Waals surface area contributed by atoms with Crippen LogP contribution < -0.4 is 10.6 Å². The fourth-order valence-electron chi connectivity index (χ4n) is 1.20. The van der Waals surface area contributed by atoms with Crippen molar-refractivity contribution >= 4 is 17.4 Å². The zero-order valence-electron chi connectivity index (χ0n) is 6.44. The summed E-state index contributed by atoms with van der Waals surface area (Å²) in [6.07, 6.45) is 1.46. The molecule has 1 fully saturated rings. The summed E-state index contributed by atoms with van der Waals surface area (Å²) in [6.45, 7) is 1.71. The molecule has 0 spiro atoms. The molecule has 1 aliphatic heterocycles. The molecule has 0 atom stereocenters. The smallest absolute Gasteiger partial charge is 0.134 e. The molecule has 1 aromatic rings. The molecule has 2 heterocycles. The second kappa shape index (κ2) is 2.88. The molecule has 0 bridgehead atoms. The molecule has 5 heteroatoms. The first-order valence-corrected chi connectivity index (χ1v) is 4.11. The highest BCUT2D eigenvalue weighted by molar-refractivity contribution is 6.29. The largest absolute Gasteiger partial charge is 0.353 e. The van der Waals surface area contributed by atoms with Gasteiger partial charge in [0.25, 0.3) is 0 Å². The maximum Gasteiger partial charge on any atom is 0.134 e. The van der Waals surface area contributed by atoms with E-state index in [9.17, 15) is 0 Å². The first-order chi connectivity index (χ1) is 5.75. The second-order valence-electron chi connectivity index (χ2n) is 2.86. The van der Waals surface area contributed by atoms with Gasteiger partial charge < -0.3 is 10.6 Å². The van der Waals surface area contributed by atoms with Crippen LogP contribution >= 0.6 is 11.6 Å². The number of aromatic nitrogens is 2. The molecule has 12 heavy (non-hydrogen) atoms. The van der Waals surface area contributed by atoms with Crippen LogP contribution in [0, 0.1) is 0 Å². The molecule has 0 radical (unpaired) electrons. The van der Waals surface area contributed by atoms with Crippen LogP contribution in [0.5, 0.6) is 0 Å². The van der Waals surface area contributed by atoms with Crippen LogP contribution in [0.4, 0.5) is 5.82 Å². The van der Waals surface area contributed by atoms with Gasteiger partial charge in [-0.25, -0.2) is 9.97 Å². The van der Waals surface area contributed by atoms with E-state index in [4.69, 9.17) is 17.3 Å². The monoisotopic (exact) mass is 184 g/mol. The molecular weight excluding hydrogens is 176 g/mol. The third-order valence-electron chi connectivity index (χ3n) is 1.85. The van der Waals surface area contributed by atoms with Crippen molar-refractivity contribution < 1.29 is 0 Å². The van der Waals surface area contributed by atoms with E-state index in [2.05, 4.69) is 14.9 Å². The SMILES string of the molecule is NC1CN(c2cc(Cl)ncn2)C1. The van der Waals surface area contributed by atoms with Crippen molar-refractivity contribution in [2.45, 2.75) is 6.04 Å². The number of hydrogen-bond donors (Lipinski definition) is 1. The van der Waals surface area contributed by atoms with Crippen molar-refractivity contribution in [3.05, 3.63) is 17.5 Å². The van der Waals surface area contributed by atoms with Crippen LogP contribution in [-0.4, -0.2) is 29.1 Å². The van der Waals surface area contributed by atoms with Gasteiger partial charge in [0, 0.05) is 25.2 Å². The molecule has 0 saturated carbocycles. The van der Waals surface area contributed by atoms with Crippen LogP contribution in [0.3, 0.4) is 0 Å². The van der Waals surface area contributed by atoms with E-state index in [0.717, 1.165) is 18.9 Å². The van der Waals surface area contributed by atoms with Gasteiger partial charge in [-0.3, -0.25) is 0 Å². The lowest BCUT2D eigenvalue weighted by atomic mass is 10.1. The molecule has 64 valence electrons. The van der Waals surface area contributed by atoms with E-state index < -0.39 is 0 Å². The first kappa shape index (κ1) is 7.76. The highest BCUT2D eigenvalue weighted by Gasteiger charge is 2.24. The number of nitrogens with two attached hydrogens (primary N) is 1. The summed E-state index contributed by atoms with van der Waals surface area (Å²) in [5, 5.41) is 0.473. The van der Waals surface area contributed by atoms with Gasteiger partial charge in [-0.05, 0) is 0 Å². The Kier molecular flexibility index (Phi) is 1.86. The Bertz CT molecular complexity index is 284. The minimum atomic E-state index is 0.277. The van der Waals surface area contributed by atoms with Crippen LogP contribution in [0.15, 0.2) is 12.4 Å². The summed E-state index contributed by atoms with van der Waals surface area (Å²) >= 11 is 5.70. The Hall–Kier alpha value is -0.870. The van der Waals surface area contributed by atoms with Crippen molar-refractivity contribution in [1.29, 1.82) is 0 Å². The van der Waals surface area contributed by atoms with Crippen LogP contribution in [0.25, 0.3) is 0 Å². The van der Waals surface area contributed by atoms with Gasteiger partial charge in [0.2, 0.25) is 0 Å². The van der Waals surface area contributed by atoms with Gasteiger partial charge in [0.1, 0.15) is 17.3 Å². The molecular formula is C7H9ClN4. The van der Waals surface area contributed by atoms with E-state index in [-0.39, 0.29) is 6.04 Å². The number of anilines is 1. The topological polar surface area (TPSA) is 55.0 Å². The zero-order chi connectivity index (χ0) is 8.55. The molecule has 0 aliphatic carbocycles. The first-order valence-electron chi connectivity index (χ1n) is 3.74. The van der Waals surface area contributed by atoms with Crippen LogP contribution in [-0.2, 0) is 0 Å². The quantitative estimate of drug-likeness (QED) is 0.637. The van der Waals surface area contributed by atoms with Crippen molar-refractivity contribution in [3.8, 4) is 0 Å². The number of halogens is 1. The zero-order valence-corrected chi connectivity index (χ0v) is 7.20. The third-order valence-corrected chi connectivity index (χ3v) is 2.06. The number of rotatable bonds is 1. The standard InChI is InChI=1S/C7H9ClN4/c8-6-1-7(11-4-10-6)12-2-5(9)3-12/h1,4-5H,2-3,9H2. The Morgan fingerprint density at radius 2 is 2.25 bits per heavy atom. The van der Waals surface area contributed by atoms with Gasteiger partial charge in [0.15, 0.2) is 0 Å². The molecule has 2 N–H and O–H groups in total. The van der Waals surface area contributed by atoms with Crippen molar-refractivity contribution in [2.24, 2.45) is 5.73 Å². The van der Waals surface area contributed by atoms with Gasteiger partial charge >= 0.3 is 0 Å². The molecule has 1 aliphatic rings. The minimum absolute atomic E-state index is 0.277. The highest BCUT2D eigenvalue weighted by Crippen LogP contribution is 2.18. The second-order valence-corrected chi connectivity index (χ2v) is 3.25. The maximum absolute atomic E-state index is 5.70. The molecule has 2 rings (SSSR count). The fraction of sp³-hybridized carbons (Fsp3) is 0.429. The predicted molar refractivity (Wildman–Crippen MR) is 47.2 cm³/mol. The van der Waals surface area contributed by atoms with Crippen LogP contribution in [0.2, 0.25) is 5.15 Å². The Balaban J connectivity index is 2.13. The van der Waals surface area contributed by atoms with E-state index in [1.807, 2.05) is 0 Å². The minimum Gasteiger partial charge on any atom is -0.353 e. The van der Waals surface area contributed by atoms with E-state index >= 15 is 0 Å². The molecule has 0 amide bonds. The summed E-state index contributed by atoms with van der Waals surface area (Å²) < 4.78 is 0. The van der Waals surface area contributed by atoms with Gasteiger partial charge in [-0.2, -0.15) is 0 Å². The maximum atomic E-state index is 5.70. The van der Waals surface area contributed by atoms with Crippen molar-refractivity contribution in [3.63, 3.8) is 0 Å². The lowest BCUT2D eigenvalue weighted by Gasteiger charge is -2.37. The summed E-state index contributed by atoms with van der Waals surface area (Å²) in [7, 11) is 0. The molecule has 1 saturated heterocycles. The third kappa shape index (κ3) is 1.35. The molecule has 0 aromatic carbocycles. The number of nitrogens with zero attached hydrogens (tertiary/aromatic N) is 3.